The summed E-state index contributed by atoms with van der Waals surface area (Å²) < 4.78 is 6.23. The van der Waals surface area contributed by atoms with Gasteiger partial charge in [-0.2, -0.15) is 0 Å². The molecule has 0 radical (unpaired) electrons. The largest absolute Gasteiger partial charge is 0.368 e. The number of hydrogen-bond donors (Lipinski definition) is 2. The number of hydrogen-bond acceptors (Lipinski definition) is 3. The number of nitrogens with one attached hydrogen (secondary N) is 2. The van der Waals surface area contributed by atoms with Crippen LogP contribution in [-0.4, -0.2) is 28.6 Å². The van der Waals surface area contributed by atoms with E-state index in [9.17, 15) is 4.79 Å². The fourth-order valence-corrected chi connectivity index (χ4v) is 2.59. The third-order valence-electron chi connectivity index (χ3n) is 2.95. The monoisotopic (exact) mass is 309 g/mol. The van der Waals surface area contributed by atoms with Gasteiger partial charge in [0.25, 0.3) is 5.91 Å². The number of anilines is 1. The van der Waals surface area contributed by atoms with E-state index in [1.807, 2.05) is 12.3 Å². The highest BCUT2D eigenvalue weighted by Crippen LogP contribution is 2.25. The summed E-state index contributed by atoms with van der Waals surface area (Å²) in [4.78, 5) is 19.3. The lowest BCUT2D eigenvalue weighted by Crippen LogP contribution is -2.27. The van der Waals surface area contributed by atoms with Gasteiger partial charge in [0.2, 0.25) is 0 Å². The van der Waals surface area contributed by atoms with Crippen molar-refractivity contribution in [3.8, 4) is 0 Å². The first-order valence-corrected chi connectivity index (χ1v) is 6.59. The molecule has 1 fully saturated rings. The molecule has 0 saturated carbocycles. The van der Waals surface area contributed by atoms with Gasteiger partial charge < -0.3 is 15.0 Å². The van der Waals surface area contributed by atoms with E-state index in [0.717, 1.165) is 28.3 Å². The van der Waals surface area contributed by atoms with Crippen molar-refractivity contribution in [1.82, 2.24) is 9.97 Å². The van der Waals surface area contributed by atoms with Gasteiger partial charge in [-0.05, 0) is 40.9 Å². The lowest BCUT2D eigenvalue weighted by molar-refractivity contribution is -0.124. The van der Waals surface area contributed by atoms with Gasteiger partial charge in [-0.3, -0.25) is 4.79 Å². The van der Waals surface area contributed by atoms with E-state index in [1.54, 1.807) is 6.07 Å². The number of carbonyl (C=O) groups is 1. The summed E-state index contributed by atoms with van der Waals surface area (Å²) >= 11 is 3.46. The maximum absolute atomic E-state index is 11.9. The van der Waals surface area contributed by atoms with E-state index < -0.39 is 0 Å². The summed E-state index contributed by atoms with van der Waals surface area (Å²) in [6.07, 6.45) is 3.18. The fraction of sp³-hybridized carbons (Fsp3) is 0.333. The molecular formula is C12H12BrN3O2. The molecule has 3 rings (SSSR count). The summed E-state index contributed by atoms with van der Waals surface area (Å²) in [7, 11) is 0. The third-order valence-corrected chi connectivity index (χ3v) is 3.61. The predicted molar refractivity (Wildman–Crippen MR) is 71.4 cm³/mol. The summed E-state index contributed by atoms with van der Waals surface area (Å²) in [6.45, 7) is 0.658. The Bertz CT molecular complexity index is 590. The first-order chi connectivity index (χ1) is 8.74. The Hall–Kier alpha value is -1.40. The van der Waals surface area contributed by atoms with Gasteiger partial charge in [-0.1, -0.05) is 0 Å². The van der Waals surface area contributed by atoms with Crippen molar-refractivity contribution in [1.29, 1.82) is 0 Å². The zero-order chi connectivity index (χ0) is 12.5. The van der Waals surface area contributed by atoms with Crippen molar-refractivity contribution in [3.63, 3.8) is 0 Å². The van der Waals surface area contributed by atoms with Gasteiger partial charge >= 0.3 is 0 Å². The van der Waals surface area contributed by atoms with Crippen molar-refractivity contribution >= 4 is 38.7 Å². The maximum atomic E-state index is 11.9. The number of carbonyl (C=O) groups excluding carboxylic acids is 1. The second kappa shape index (κ2) is 4.70. The molecule has 18 heavy (non-hydrogen) atoms. The molecule has 0 aliphatic carbocycles. The van der Waals surface area contributed by atoms with Crippen molar-refractivity contribution in [2.75, 3.05) is 11.9 Å². The van der Waals surface area contributed by atoms with Crippen LogP contribution < -0.4 is 5.32 Å². The highest BCUT2D eigenvalue weighted by Gasteiger charge is 2.24. The van der Waals surface area contributed by atoms with Crippen LogP contribution in [0.2, 0.25) is 0 Å². The molecule has 2 aromatic rings. The van der Waals surface area contributed by atoms with E-state index in [4.69, 9.17) is 4.74 Å². The van der Waals surface area contributed by atoms with Crippen LogP contribution >= 0.6 is 15.9 Å². The highest BCUT2D eigenvalue weighted by molar-refractivity contribution is 9.10. The molecule has 94 valence electrons. The third kappa shape index (κ3) is 2.13. The minimum atomic E-state index is -0.343. The molecule has 5 nitrogen and oxygen atoms in total. The van der Waals surface area contributed by atoms with Gasteiger partial charge in [0.15, 0.2) is 0 Å². The highest BCUT2D eigenvalue weighted by atomic mass is 79.9. The van der Waals surface area contributed by atoms with Crippen LogP contribution in [0.15, 0.2) is 22.8 Å². The van der Waals surface area contributed by atoms with Crippen LogP contribution in [0.4, 0.5) is 5.82 Å². The van der Waals surface area contributed by atoms with Crippen LogP contribution in [0.3, 0.4) is 0 Å². The average molecular weight is 310 g/mol. The molecule has 1 saturated heterocycles. The van der Waals surface area contributed by atoms with E-state index in [2.05, 4.69) is 31.2 Å². The Kier molecular flexibility index (Phi) is 3.05. The molecule has 1 aliphatic rings. The number of nitrogens with zero attached hydrogens (tertiary/aromatic N) is 1. The summed E-state index contributed by atoms with van der Waals surface area (Å²) in [5.41, 5.74) is 0.743. The number of aromatic amines is 1. The van der Waals surface area contributed by atoms with E-state index in [-0.39, 0.29) is 12.0 Å². The molecule has 0 aromatic carbocycles. The van der Waals surface area contributed by atoms with Gasteiger partial charge in [0.05, 0.1) is 0 Å². The lowest BCUT2D eigenvalue weighted by Gasteiger charge is -2.10. The summed E-state index contributed by atoms with van der Waals surface area (Å²) in [6, 6.07) is 3.72. The van der Waals surface area contributed by atoms with Gasteiger partial charge in [-0.25, -0.2) is 4.98 Å². The average Bonchev–Trinajstić information content (AvgIpc) is 2.99. The molecule has 1 amide bonds. The minimum absolute atomic E-state index is 0.127. The summed E-state index contributed by atoms with van der Waals surface area (Å²) in [5, 5.41) is 3.77. The normalized spacial score (nSPS) is 19.3. The number of pyridine rings is 1. The van der Waals surface area contributed by atoms with Crippen molar-refractivity contribution in [3.05, 3.63) is 22.8 Å². The standard InChI is InChI=1S/C12H12BrN3O2/c13-8-6-10(15-11-7(8)3-4-14-11)16-12(17)9-2-1-5-18-9/h3-4,6,9H,1-2,5H2,(H2,14,15,16,17)/t9-/m1/s1. The van der Waals surface area contributed by atoms with Crippen molar-refractivity contribution < 1.29 is 9.53 Å². The van der Waals surface area contributed by atoms with E-state index in [1.165, 1.54) is 0 Å². The number of H-pyrrole nitrogens is 1. The van der Waals surface area contributed by atoms with Crippen LogP contribution in [-0.2, 0) is 9.53 Å². The quantitative estimate of drug-likeness (QED) is 0.895. The first kappa shape index (κ1) is 11.7. The first-order valence-electron chi connectivity index (χ1n) is 5.80. The molecule has 6 heteroatoms. The molecular weight excluding hydrogens is 298 g/mol. The smallest absolute Gasteiger partial charge is 0.254 e. The number of fused-ring (bicyclic) bond motifs is 1. The zero-order valence-electron chi connectivity index (χ0n) is 9.57. The number of aromatic nitrogens is 2. The topological polar surface area (TPSA) is 67.0 Å². The van der Waals surface area contributed by atoms with Gasteiger partial charge in [0.1, 0.15) is 17.6 Å². The molecule has 0 spiro atoms. The van der Waals surface area contributed by atoms with Crippen LogP contribution in [0, 0.1) is 0 Å². The Morgan fingerprint density at radius 3 is 3.28 bits per heavy atom. The van der Waals surface area contributed by atoms with Crippen LogP contribution in [0.25, 0.3) is 11.0 Å². The molecule has 0 unspecified atom stereocenters. The predicted octanol–water partition coefficient (Wildman–Crippen LogP) is 2.44. The maximum Gasteiger partial charge on any atom is 0.254 e. The molecule has 2 aromatic heterocycles. The molecule has 3 heterocycles. The second-order valence-electron chi connectivity index (χ2n) is 4.22. The fourth-order valence-electron chi connectivity index (χ4n) is 2.05. The number of amides is 1. The van der Waals surface area contributed by atoms with E-state index in [0.29, 0.717) is 12.4 Å². The SMILES string of the molecule is O=C(Nc1cc(Br)c2cc[nH]c2n1)[C@H]1CCCO1. The number of halogens is 1. The number of ether oxygens (including phenoxy) is 1. The lowest BCUT2D eigenvalue weighted by atomic mass is 10.2. The van der Waals surface area contributed by atoms with Gasteiger partial charge in [0, 0.05) is 22.7 Å². The van der Waals surface area contributed by atoms with E-state index >= 15 is 0 Å². The second-order valence-corrected chi connectivity index (χ2v) is 5.07. The Labute approximate surface area is 112 Å². The Morgan fingerprint density at radius 2 is 2.50 bits per heavy atom. The molecule has 1 aliphatic heterocycles. The summed E-state index contributed by atoms with van der Waals surface area (Å²) in [5.74, 6) is 0.398. The van der Waals surface area contributed by atoms with Crippen molar-refractivity contribution in [2.24, 2.45) is 0 Å². The van der Waals surface area contributed by atoms with Crippen molar-refractivity contribution in [2.45, 2.75) is 18.9 Å². The van der Waals surface area contributed by atoms with Crippen LogP contribution in [0.5, 0.6) is 0 Å². The molecule has 1 atom stereocenters. The minimum Gasteiger partial charge on any atom is -0.368 e. The molecule has 0 bridgehead atoms. The molecule has 2 N–H and O–H groups in total. The van der Waals surface area contributed by atoms with Gasteiger partial charge in [-0.15, -0.1) is 0 Å². The Balaban J connectivity index is 1.83. The number of rotatable bonds is 2. The Morgan fingerprint density at radius 1 is 1.61 bits per heavy atom. The zero-order valence-corrected chi connectivity index (χ0v) is 11.2. The van der Waals surface area contributed by atoms with Crippen LogP contribution in [0.1, 0.15) is 12.8 Å².